The van der Waals surface area contributed by atoms with Crippen LogP contribution in [0, 0.1) is 0 Å². The Kier molecular flexibility index (Phi) is 6.58. The van der Waals surface area contributed by atoms with Gasteiger partial charge >= 0.3 is 0 Å². The summed E-state index contributed by atoms with van der Waals surface area (Å²) in [4.78, 5) is 8.19. The van der Waals surface area contributed by atoms with Crippen molar-refractivity contribution in [1.82, 2.24) is 9.97 Å². The van der Waals surface area contributed by atoms with Gasteiger partial charge in [0.1, 0.15) is 23.4 Å². The summed E-state index contributed by atoms with van der Waals surface area (Å²) < 4.78 is 18.1. The van der Waals surface area contributed by atoms with E-state index in [0.717, 1.165) is 33.9 Å². The van der Waals surface area contributed by atoms with E-state index in [2.05, 4.69) is 51.0 Å². The van der Waals surface area contributed by atoms with E-state index in [0.29, 0.717) is 13.2 Å². The number of H-pyrrole nitrogens is 1. The van der Waals surface area contributed by atoms with E-state index in [1.807, 2.05) is 44.2 Å². The number of ether oxygens (including phenoxy) is 2. The van der Waals surface area contributed by atoms with E-state index in [-0.39, 0.29) is 11.1 Å². The van der Waals surface area contributed by atoms with E-state index in [4.69, 9.17) is 18.9 Å². The molecule has 0 aliphatic rings. The molecule has 0 aliphatic heterocycles. The fourth-order valence-corrected chi connectivity index (χ4v) is 4.08. The summed E-state index contributed by atoms with van der Waals surface area (Å²) in [6.45, 7) is 16.5. The predicted molar refractivity (Wildman–Crippen MR) is 125 cm³/mol. The predicted octanol–water partition coefficient (Wildman–Crippen LogP) is 6.47. The second kappa shape index (κ2) is 8.82. The fraction of sp³-hybridized carbons (Fsp3) is 0.458. The van der Waals surface area contributed by atoms with Crippen molar-refractivity contribution in [3.05, 3.63) is 53.9 Å². The Morgan fingerprint density at radius 1 is 0.967 bits per heavy atom. The largest absolute Gasteiger partial charge is 0.544 e. The number of fused-ring (bicyclic) bond motifs is 1. The van der Waals surface area contributed by atoms with Gasteiger partial charge in [0.2, 0.25) is 8.32 Å². The fourth-order valence-electron chi connectivity index (χ4n) is 3.04. The summed E-state index contributed by atoms with van der Waals surface area (Å²) in [5, 5.41) is 0.161. The Bertz CT molecular complexity index is 974. The first-order valence-electron chi connectivity index (χ1n) is 10.7. The van der Waals surface area contributed by atoms with Crippen LogP contribution in [0.15, 0.2) is 42.5 Å². The lowest BCUT2D eigenvalue weighted by Gasteiger charge is -2.36. The van der Waals surface area contributed by atoms with Crippen molar-refractivity contribution in [2.45, 2.75) is 58.9 Å². The quantitative estimate of drug-likeness (QED) is 0.419. The number of aromatic amines is 1. The maximum Gasteiger partial charge on any atom is 0.250 e. The Hall–Kier alpha value is -2.31. The first kappa shape index (κ1) is 22.4. The van der Waals surface area contributed by atoms with Crippen molar-refractivity contribution < 1.29 is 13.9 Å². The molecule has 0 saturated heterocycles. The molecule has 0 fully saturated rings. The van der Waals surface area contributed by atoms with Crippen molar-refractivity contribution in [3.8, 4) is 11.5 Å². The summed E-state index contributed by atoms with van der Waals surface area (Å²) >= 11 is 0. The molecule has 30 heavy (non-hydrogen) atoms. The van der Waals surface area contributed by atoms with Gasteiger partial charge in [0.15, 0.2) is 0 Å². The van der Waals surface area contributed by atoms with Gasteiger partial charge in [-0.05, 0) is 61.8 Å². The monoisotopic (exact) mass is 426 g/mol. The first-order chi connectivity index (χ1) is 14.1. The zero-order chi connectivity index (χ0) is 21.9. The molecule has 0 amide bonds. The maximum atomic E-state index is 6.41. The molecule has 1 aromatic heterocycles. The summed E-state index contributed by atoms with van der Waals surface area (Å²) in [6.07, 6.45) is -0.264. The Balaban J connectivity index is 1.87. The molecule has 162 valence electrons. The average molecular weight is 427 g/mol. The zero-order valence-electron chi connectivity index (χ0n) is 19.2. The molecule has 1 atom stereocenters. The smallest absolute Gasteiger partial charge is 0.250 e. The van der Waals surface area contributed by atoms with Crippen LogP contribution in [0.1, 0.15) is 52.1 Å². The van der Waals surface area contributed by atoms with Gasteiger partial charge in [-0.25, -0.2) is 4.98 Å². The van der Waals surface area contributed by atoms with Crippen LogP contribution in [0.5, 0.6) is 11.5 Å². The lowest BCUT2D eigenvalue weighted by Crippen LogP contribution is -2.43. The number of imidazole rings is 1. The lowest BCUT2D eigenvalue weighted by molar-refractivity contribution is 0.0859. The topological polar surface area (TPSA) is 56.4 Å². The molecule has 1 heterocycles. The van der Waals surface area contributed by atoms with Crippen molar-refractivity contribution in [3.63, 3.8) is 0 Å². The minimum Gasteiger partial charge on any atom is -0.544 e. The van der Waals surface area contributed by atoms with Gasteiger partial charge in [-0.2, -0.15) is 0 Å². The number of hydrogen-bond donors (Lipinski definition) is 1. The van der Waals surface area contributed by atoms with Crippen LogP contribution in [0.3, 0.4) is 0 Å². The molecule has 3 aromatic rings. The highest BCUT2D eigenvalue weighted by molar-refractivity contribution is 6.74. The molecule has 5 nitrogen and oxygen atoms in total. The molecule has 3 rings (SSSR count). The van der Waals surface area contributed by atoms with Crippen LogP contribution >= 0.6 is 0 Å². The van der Waals surface area contributed by atoms with Crippen LogP contribution in [-0.2, 0) is 4.74 Å². The summed E-state index contributed by atoms with van der Waals surface area (Å²) in [7, 11) is -1.87. The third kappa shape index (κ3) is 4.87. The van der Waals surface area contributed by atoms with Gasteiger partial charge in [0, 0.05) is 12.7 Å². The van der Waals surface area contributed by atoms with Crippen LogP contribution in [0.2, 0.25) is 18.1 Å². The standard InChI is InChI=1S/C24H34N2O3Si/c1-8-27-19-14-15-20-21(16-19)26-23(25-20)22(28-9-2)17-10-12-18(13-11-17)29-30(6,7)24(3,4)5/h10-16,22H,8-9H2,1-7H3,(H,25,26). The van der Waals surface area contributed by atoms with Crippen molar-refractivity contribution >= 4 is 19.4 Å². The van der Waals surface area contributed by atoms with Gasteiger partial charge < -0.3 is 18.9 Å². The second-order valence-corrected chi connectivity index (χ2v) is 13.7. The van der Waals surface area contributed by atoms with Gasteiger partial charge in [0.05, 0.1) is 17.6 Å². The molecular formula is C24H34N2O3Si. The number of hydrogen-bond acceptors (Lipinski definition) is 4. The van der Waals surface area contributed by atoms with E-state index >= 15 is 0 Å². The van der Waals surface area contributed by atoms with Gasteiger partial charge in [-0.3, -0.25) is 0 Å². The van der Waals surface area contributed by atoms with Gasteiger partial charge in [-0.1, -0.05) is 32.9 Å². The highest BCUT2D eigenvalue weighted by Gasteiger charge is 2.39. The molecule has 1 unspecified atom stereocenters. The summed E-state index contributed by atoms with van der Waals surface area (Å²) in [6, 6.07) is 14.1. The molecule has 1 N–H and O–H groups in total. The molecule has 6 heteroatoms. The number of benzene rings is 2. The third-order valence-corrected chi connectivity index (χ3v) is 10.1. The highest BCUT2D eigenvalue weighted by atomic mass is 28.4. The minimum absolute atomic E-state index is 0.161. The number of nitrogens with one attached hydrogen (secondary N) is 1. The Morgan fingerprint density at radius 3 is 2.23 bits per heavy atom. The Morgan fingerprint density at radius 2 is 1.63 bits per heavy atom. The highest BCUT2D eigenvalue weighted by Crippen LogP contribution is 2.38. The third-order valence-electron chi connectivity index (χ3n) is 5.73. The van der Waals surface area contributed by atoms with E-state index in [9.17, 15) is 0 Å². The molecule has 0 bridgehead atoms. The van der Waals surface area contributed by atoms with Crippen LogP contribution in [0.25, 0.3) is 11.0 Å². The molecule has 0 radical (unpaired) electrons. The second-order valence-electron chi connectivity index (χ2n) is 9.00. The summed E-state index contributed by atoms with van der Waals surface area (Å²) in [5.74, 6) is 2.52. The van der Waals surface area contributed by atoms with Crippen molar-refractivity contribution in [2.24, 2.45) is 0 Å². The van der Waals surface area contributed by atoms with Crippen LogP contribution in [-0.4, -0.2) is 31.5 Å². The minimum atomic E-state index is -1.87. The van der Waals surface area contributed by atoms with E-state index < -0.39 is 8.32 Å². The molecular weight excluding hydrogens is 392 g/mol. The lowest BCUT2D eigenvalue weighted by atomic mass is 10.1. The molecule has 2 aromatic carbocycles. The first-order valence-corrected chi connectivity index (χ1v) is 13.6. The number of aromatic nitrogens is 2. The van der Waals surface area contributed by atoms with Gasteiger partial charge in [0.25, 0.3) is 0 Å². The van der Waals surface area contributed by atoms with Crippen molar-refractivity contribution in [1.29, 1.82) is 0 Å². The molecule has 0 saturated carbocycles. The Labute approximate surface area is 180 Å². The van der Waals surface area contributed by atoms with E-state index in [1.54, 1.807) is 0 Å². The normalized spacial score (nSPS) is 13.4. The maximum absolute atomic E-state index is 6.41. The number of nitrogens with zero attached hydrogens (tertiary/aromatic N) is 1. The van der Waals surface area contributed by atoms with E-state index in [1.165, 1.54) is 0 Å². The molecule has 0 spiro atoms. The SMILES string of the molecule is CCOc1ccc2[nH]c(C(OCC)c3ccc(O[Si](C)(C)C(C)(C)C)cc3)nc2c1. The van der Waals surface area contributed by atoms with Crippen LogP contribution < -0.4 is 9.16 Å². The summed E-state index contributed by atoms with van der Waals surface area (Å²) in [5.41, 5.74) is 2.89. The zero-order valence-corrected chi connectivity index (χ0v) is 20.2. The van der Waals surface area contributed by atoms with Crippen molar-refractivity contribution in [2.75, 3.05) is 13.2 Å². The number of rotatable bonds is 8. The average Bonchev–Trinajstić information content (AvgIpc) is 3.09. The van der Waals surface area contributed by atoms with Gasteiger partial charge in [-0.15, -0.1) is 0 Å². The molecule has 0 aliphatic carbocycles. The van der Waals surface area contributed by atoms with Crippen LogP contribution in [0.4, 0.5) is 0 Å².